The van der Waals surface area contributed by atoms with Gasteiger partial charge in [-0.15, -0.1) is 0 Å². The van der Waals surface area contributed by atoms with Gasteiger partial charge in [0, 0.05) is 11.1 Å². The standard InChI is InChI=1S/C11H10O/c1-10(9-12)7-8-11-5-3-2-4-6-11/h2-6,12H,1,9H2. The SMILES string of the molecule is C=C(C#Cc1ccccc1)CO. The second-order valence-corrected chi connectivity index (χ2v) is 2.38. The van der Waals surface area contributed by atoms with Gasteiger partial charge in [-0.2, -0.15) is 0 Å². The van der Waals surface area contributed by atoms with Crippen LogP contribution in [0.1, 0.15) is 5.56 Å². The molecule has 0 saturated heterocycles. The number of benzene rings is 1. The Hall–Kier alpha value is -1.52. The van der Waals surface area contributed by atoms with Gasteiger partial charge in [-0.25, -0.2) is 0 Å². The molecular weight excluding hydrogens is 148 g/mol. The first-order valence-electron chi connectivity index (χ1n) is 3.68. The average Bonchev–Trinajstić information content (AvgIpc) is 2.16. The first-order valence-corrected chi connectivity index (χ1v) is 3.68. The Kier molecular flexibility index (Phi) is 3.13. The molecule has 0 radical (unpaired) electrons. The summed E-state index contributed by atoms with van der Waals surface area (Å²) in [4.78, 5) is 0. The first kappa shape index (κ1) is 8.58. The van der Waals surface area contributed by atoms with Crippen molar-refractivity contribution in [2.75, 3.05) is 6.61 Å². The Balaban J connectivity index is 2.74. The zero-order valence-electron chi connectivity index (χ0n) is 6.75. The summed E-state index contributed by atoms with van der Waals surface area (Å²) in [5.74, 6) is 5.64. The average molecular weight is 158 g/mol. The molecule has 0 saturated carbocycles. The number of rotatable bonds is 1. The summed E-state index contributed by atoms with van der Waals surface area (Å²) in [5, 5.41) is 8.61. The van der Waals surface area contributed by atoms with E-state index >= 15 is 0 Å². The molecule has 12 heavy (non-hydrogen) atoms. The van der Waals surface area contributed by atoms with Crippen LogP contribution in [0.25, 0.3) is 0 Å². The predicted molar refractivity (Wildman–Crippen MR) is 49.5 cm³/mol. The molecule has 0 bridgehead atoms. The Bertz CT molecular complexity index is 314. The second kappa shape index (κ2) is 4.38. The van der Waals surface area contributed by atoms with Crippen LogP contribution in [0.15, 0.2) is 42.5 Å². The number of hydrogen-bond acceptors (Lipinski definition) is 1. The van der Waals surface area contributed by atoms with E-state index in [-0.39, 0.29) is 6.61 Å². The van der Waals surface area contributed by atoms with Crippen molar-refractivity contribution in [2.45, 2.75) is 0 Å². The molecule has 1 nitrogen and oxygen atoms in total. The molecule has 60 valence electrons. The summed E-state index contributed by atoms with van der Waals surface area (Å²) < 4.78 is 0. The van der Waals surface area contributed by atoms with Crippen molar-refractivity contribution in [3.8, 4) is 11.8 Å². The van der Waals surface area contributed by atoms with E-state index in [2.05, 4.69) is 18.4 Å². The Labute approximate surface area is 72.4 Å². The van der Waals surface area contributed by atoms with Crippen molar-refractivity contribution in [1.29, 1.82) is 0 Å². The van der Waals surface area contributed by atoms with E-state index in [4.69, 9.17) is 5.11 Å². The third-order valence-electron chi connectivity index (χ3n) is 1.35. The molecule has 0 aliphatic carbocycles. The van der Waals surface area contributed by atoms with Crippen molar-refractivity contribution >= 4 is 0 Å². The van der Waals surface area contributed by atoms with Crippen LogP contribution in [-0.2, 0) is 0 Å². The van der Waals surface area contributed by atoms with Crippen molar-refractivity contribution < 1.29 is 5.11 Å². The zero-order valence-corrected chi connectivity index (χ0v) is 6.75. The highest BCUT2D eigenvalue weighted by molar-refractivity contribution is 5.39. The van der Waals surface area contributed by atoms with Gasteiger partial charge >= 0.3 is 0 Å². The Morgan fingerprint density at radius 2 is 2.00 bits per heavy atom. The number of hydrogen-bond donors (Lipinski definition) is 1. The maximum atomic E-state index is 8.61. The lowest BCUT2D eigenvalue weighted by molar-refractivity contribution is 0.336. The Morgan fingerprint density at radius 1 is 1.33 bits per heavy atom. The molecule has 1 rings (SSSR count). The molecule has 0 aliphatic rings. The van der Waals surface area contributed by atoms with Crippen LogP contribution in [0, 0.1) is 11.8 Å². The quantitative estimate of drug-likeness (QED) is 0.615. The smallest absolute Gasteiger partial charge is 0.0754 e. The summed E-state index contributed by atoms with van der Waals surface area (Å²) in [6.07, 6.45) is 0. The van der Waals surface area contributed by atoms with Crippen LogP contribution in [-0.4, -0.2) is 11.7 Å². The van der Waals surface area contributed by atoms with Gasteiger partial charge in [0.1, 0.15) is 0 Å². The molecule has 1 heteroatoms. The van der Waals surface area contributed by atoms with Gasteiger partial charge in [-0.05, 0) is 12.1 Å². The number of aliphatic hydroxyl groups is 1. The fourth-order valence-electron chi connectivity index (χ4n) is 0.722. The van der Waals surface area contributed by atoms with E-state index in [1.54, 1.807) is 0 Å². The lowest BCUT2D eigenvalue weighted by Crippen LogP contribution is -1.82. The summed E-state index contributed by atoms with van der Waals surface area (Å²) in [6, 6.07) is 9.61. The lowest BCUT2D eigenvalue weighted by Gasteiger charge is -1.87. The Morgan fingerprint density at radius 3 is 2.58 bits per heavy atom. The molecule has 0 amide bonds. The molecule has 1 aromatic rings. The second-order valence-electron chi connectivity index (χ2n) is 2.38. The summed E-state index contributed by atoms with van der Waals surface area (Å²) >= 11 is 0. The summed E-state index contributed by atoms with van der Waals surface area (Å²) in [6.45, 7) is 3.50. The van der Waals surface area contributed by atoms with Crippen LogP contribution >= 0.6 is 0 Å². The topological polar surface area (TPSA) is 20.2 Å². The van der Waals surface area contributed by atoms with Crippen molar-refractivity contribution in [3.05, 3.63) is 48.0 Å². The maximum Gasteiger partial charge on any atom is 0.0754 e. The lowest BCUT2D eigenvalue weighted by atomic mass is 10.2. The van der Waals surface area contributed by atoms with Gasteiger partial charge in [0.25, 0.3) is 0 Å². The van der Waals surface area contributed by atoms with Gasteiger partial charge in [0.05, 0.1) is 6.61 Å². The van der Waals surface area contributed by atoms with Crippen LogP contribution in [0.3, 0.4) is 0 Å². The van der Waals surface area contributed by atoms with E-state index in [0.717, 1.165) is 5.56 Å². The molecule has 1 N–H and O–H groups in total. The van der Waals surface area contributed by atoms with Crippen LogP contribution < -0.4 is 0 Å². The molecule has 0 atom stereocenters. The van der Waals surface area contributed by atoms with E-state index < -0.39 is 0 Å². The highest BCUT2D eigenvalue weighted by Gasteiger charge is 1.83. The molecule has 0 spiro atoms. The minimum absolute atomic E-state index is 0.0696. The molecule has 0 aromatic heterocycles. The molecular formula is C11H10O. The normalized spacial score (nSPS) is 8.42. The minimum atomic E-state index is -0.0696. The van der Waals surface area contributed by atoms with Crippen LogP contribution in [0.2, 0.25) is 0 Å². The molecule has 0 aliphatic heterocycles. The number of aliphatic hydroxyl groups excluding tert-OH is 1. The van der Waals surface area contributed by atoms with Crippen molar-refractivity contribution in [3.63, 3.8) is 0 Å². The third-order valence-corrected chi connectivity index (χ3v) is 1.35. The van der Waals surface area contributed by atoms with Gasteiger partial charge in [0.15, 0.2) is 0 Å². The highest BCUT2D eigenvalue weighted by Crippen LogP contribution is 1.95. The van der Waals surface area contributed by atoms with Crippen molar-refractivity contribution in [1.82, 2.24) is 0 Å². The first-order chi connectivity index (χ1) is 5.83. The summed E-state index contributed by atoms with van der Waals surface area (Å²) in [7, 11) is 0. The molecule has 0 heterocycles. The fraction of sp³-hybridized carbons (Fsp3) is 0.0909. The highest BCUT2D eigenvalue weighted by atomic mass is 16.3. The van der Waals surface area contributed by atoms with E-state index in [1.165, 1.54) is 0 Å². The van der Waals surface area contributed by atoms with E-state index in [1.807, 2.05) is 30.3 Å². The third kappa shape index (κ3) is 2.61. The molecule has 0 unspecified atom stereocenters. The van der Waals surface area contributed by atoms with E-state index in [9.17, 15) is 0 Å². The van der Waals surface area contributed by atoms with Gasteiger partial charge in [-0.3, -0.25) is 0 Å². The van der Waals surface area contributed by atoms with Gasteiger partial charge in [-0.1, -0.05) is 36.6 Å². The van der Waals surface area contributed by atoms with Crippen LogP contribution in [0.5, 0.6) is 0 Å². The van der Waals surface area contributed by atoms with Crippen LogP contribution in [0.4, 0.5) is 0 Å². The van der Waals surface area contributed by atoms with E-state index in [0.29, 0.717) is 5.57 Å². The van der Waals surface area contributed by atoms with Crippen molar-refractivity contribution in [2.24, 2.45) is 0 Å². The zero-order chi connectivity index (χ0) is 8.81. The minimum Gasteiger partial charge on any atom is -0.391 e. The maximum absolute atomic E-state index is 8.61. The predicted octanol–water partition coefficient (Wildman–Crippen LogP) is 1.59. The largest absolute Gasteiger partial charge is 0.391 e. The fourth-order valence-corrected chi connectivity index (χ4v) is 0.722. The molecule has 0 fully saturated rings. The van der Waals surface area contributed by atoms with Gasteiger partial charge < -0.3 is 5.11 Å². The summed E-state index contributed by atoms with van der Waals surface area (Å²) in [5.41, 5.74) is 1.48. The monoisotopic (exact) mass is 158 g/mol. The van der Waals surface area contributed by atoms with Gasteiger partial charge in [0.2, 0.25) is 0 Å². The molecule has 1 aromatic carbocycles.